The maximum Gasteiger partial charge on any atom is 0.335 e. The average Bonchev–Trinajstić information content (AvgIpc) is 3.25. The van der Waals surface area contributed by atoms with Crippen molar-refractivity contribution < 1.29 is 9.90 Å². The predicted molar refractivity (Wildman–Crippen MR) is 120 cm³/mol. The van der Waals surface area contributed by atoms with Crippen LogP contribution in [0.25, 0.3) is 17.0 Å². The monoisotopic (exact) mass is 409 g/mol. The van der Waals surface area contributed by atoms with Crippen molar-refractivity contribution in [2.75, 3.05) is 0 Å². The first-order valence-electron chi connectivity index (χ1n) is 9.55. The van der Waals surface area contributed by atoms with Crippen molar-refractivity contribution >= 4 is 23.0 Å². The maximum absolute atomic E-state index is 11.0. The second-order valence-corrected chi connectivity index (χ2v) is 7.47. The van der Waals surface area contributed by atoms with Crippen molar-refractivity contribution in [2.24, 2.45) is 0 Å². The van der Waals surface area contributed by atoms with Gasteiger partial charge < -0.3 is 5.11 Å². The summed E-state index contributed by atoms with van der Waals surface area (Å²) in [6.07, 6.45) is 8.66. The number of imidazole rings is 1. The largest absolute Gasteiger partial charge is 0.478 e. The van der Waals surface area contributed by atoms with Gasteiger partial charge in [-0.3, -0.25) is 4.40 Å². The van der Waals surface area contributed by atoms with Crippen molar-refractivity contribution in [1.29, 1.82) is 0 Å². The third-order valence-corrected chi connectivity index (χ3v) is 4.78. The first kappa shape index (κ1) is 22.3. The molecule has 0 aliphatic heterocycles. The van der Waals surface area contributed by atoms with E-state index in [-0.39, 0.29) is 5.57 Å². The van der Waals surface area contributed by atoms with E-state index in [0.29, 0.717) is 6.42 Å². The summed E-state index contributed by atoms with van der Waals surface area (Å²) in [6, 6.07) is 5.90. The van der Waals surface area contributed by atoms with Gasteiger partial charge in [-0.25, -0.2) is 14.8 Å². The van der Waals surface area contributed by atoms with Gasteiger partial charge in [0, 0.05) is 18.0 Å². The summed E-state index contributed by atoms with van der Waals surface area (Å²) in [4.78, 5) is 20.3. The van der Waals surface area contributed by atoms with E-state index in [1.807, 2.05) is 41.1 Å². The van der Waals surface area contributed by atoms with Crippen molar-refractivity contribution in [3.8, 4) is 11.4 Å². The molecule has 1 N–H and O–H groups in total. The van der Waals surface area contributed by atoms with Gasteiger partial charge in [-0.05, 0) is 37.6 Å². The van der Waals surface area contributed by atoms with Crippen LogP contribution in [0.3, 0.4) is 0 Å². The summed E-state index contributed by atoms with van der Waals surface area (Å²) in [7, 11) is 0. The van der Waals surface area contributed by atoms with Crippen molar-refractivity contribution in [3.05, 3.63) is 76.4 Å². The molecule has 0 aromatic carbocycles. The molecule has 3 heterocycles. The molecule has 0 fully saturated rings. The zero-order chi connectivity index (χ0) is 21.4. The van der Waals surface area contributed by atoms with E-state index in [4.69, 9.17) is 10.1 Å². The Morgan fingerprint density at radius 3 is 2.66 bits per heavy atom. The number of hydrogen-bond donors (Lipinski definition) is 1. The maximum atomic E-state index is 11.0. The molecular formula is C23H27N3O2S. The number of aromatic nitrogens is 3. The number of aryl methyl sites for hydroxylation is 1. The molecule has 0 aliphatic rings. The van der Waals surface area contributed by atoms with Gasteiger partial charge in [0.2, 0.25) is 0 Å². The van der Waals surface area contributed by atoms with E-state index in [1.165, 1.54) is 6.42 Å². The first-order chi connectivity index (χ1) is 13.9. The molecule has 152 valence electrons. The molecule has 0 saturated heterocycles. The summed E-state index contributed by atoms with van der Waals surface area (Å²) in [5.74, 6) is -0.948. The van der Waals surface area contributed by atoms with E-state index in [9.17, 15) is 4.79 Å². The van der Waals surface area contributed by atoms with Gasteiger partial charge in [0.15, 0.2) is 0 Å². The Hall–Kier alpha value is -2.99. The van der Waals surface area contributed by atoms with Gasteiger partial charge in [0.05, 0.1) is 22.0 Å². The molecule has 0 unspecified atom stereocenters. The Labute approximate surface area is 175 Å². The minimum Gasteiger partial charge on any atom is -0.478 e. The molecule has 0 spiro atoms. The third kappa shape index (κ3) is 5.74. The quantitative estimate of drug-likeness (QED) is 0.408. The highest BCUT2D eigenvalue weighted by molar-refractivity contribution is 7.10. The number of carboxylic acid groups (broad SMARTS) is 1. The number of fused-ring (bicyclic) bond motifs is 1. The number of aliphatic carboxylic acids is 1. The SMILES string of the molecule is C=C(/C=C\C(=C/C)C(=O)O)Cc1nc(-c2c(C)nc3ccccn23)cs1.CCC. The standard InChI is InChI=1S/C20H19N3O2S.C3H8/c1-4-15(20(24)25)9-8-13(2)11-18-22-16(12-26-18)19-14(3)21-17-7-5-6-10-23(17)19;1-3-2/h4-10,12H,2,11H2,1,3H3,(H,24,25);3H2,1-2H3/b9-8-,15-4+;. The van der Waals surface area contributed by atoms with Gasteiger partial charge in [0.1, 0.15) is 11.3 Å². The minimum atomic E-state index is -0.948. The molecule has 3 aromatic rings. The van der Waals surface area contributed by atoms with Gasteiger partial charge >= 0.3 is 5.97 Å². The predicted octanol–water partition coefficient (Wildman–Crippen LogP) is 5.87. The number of pyridine rings is 1. The summed E-state index contributed by atoms with van der Waals surface area (Å²) in [5, 5.41) is 12.0. The first-order valence-corrected chi connectivity index (χ1v) is 10.4. The topological polar surface area (TPSA) is 67.5 Å². The summed E-state index contributed by atoms with van der Waals surface area (Å²) in [6.45, 7) is 11.9. The van der Waals surface area contributed by atoms with Crippen molar-refractivity contribution in [2.45, 2.75) is 40.5 Å². The molecule has 0 amide bonds. The number of rotatable bonds is 6. The third-order valence-electron chi connectivity index (χ3n) is 3.93. The summed E-state index contributed by atoms with van der Waals surface area (Å²) < 4.78 is 2.04. The van der Waals surface area contributed by atoms with E-state index in [0.717, 1.165) is 33.3 Å². The van der Waals surface area contributed by atoms with Crippen LogP contribution in [0.15, 0.2) is 65.7 Å². The molecule has 0 saturated carbocycles. The Bertz CT molecular complexity index is 1060. The molecular weight excluding hydrogens is 382 g/mol. The molecule has 0 radical (unpaired) electrons. The molecule has 3 rings (SSSR count). The Balaban J connectivity index is 0.000000941. The van der Waals surface area contributed by atoms with Crippen molar-refractivity contribution in [3.63, 3.8) is 0 Å². The summed E-state index contributed by atoms with van der Waals surface area (Å²) >= 11 is 1.56. The lowest BCUT2D eigenvalue weighted by Crippen LogP contribution is -1.97. The number of nitrogens with zero attached hydrogens (tertiary/aromatic N) is 3. The average molecular weight is 410 g/mol. The zero-order valence-electron chi connectivity index (χ0n) is 17.3. The van der Waals surface area contributed by atoms with Crippen LogP contribution in [0.2, 0.25) is 0 Å². The smallest absolute Gasteiger partial charge is 0.335 e. The van der Waals surface area contributed by atoms with Crippen LogP contribution < -0.4 is 0 Å². The van der Waals surface area contributed by atoms with Crippen LogP contribution in [0.5, 0.6) is 0 Å². The van der Waals surface area contributed by atoms with E-state index in [1.54, 1.807) is 36.5 Å². The highest BCUT2D eigenvalue weighted by Crippen LogP contribution is 2.27. The van der Waals surface area contributed by atoms with E-state index < -0.39 is 5.97 Å². The van der Waals surface area contributed by atoms with E-state index >= 15 is 0 Å². The lowest BCUT2D eigenvalue weighted by atomic mass is 10.1. The number of carbonyl (C=O) groups is 1. The van der Waals surface area contributed by atoms with Crippen LogP contribution in [-0.4, -0.2) is 25.4 Å². The number of allylic oxidation sites excluding steroid dienone is 3. The van der Waals surface area contributed by atoms with Crippen LogP contribution >= 0.6 is 11.3 Å². The number of hydrogen-bond acceptors (Lipinski definition) is 4. The fourth-order valence-electron chi connectivity index (χ4n) is 2.67. The molecule has 0 bridgehead atoms. The zero-order valence-corrected chi connectivity index (χ0v) is 18.2. The second kappa shape index (κ2) is 10.5. The number of thiazole rings is 1. The Morgan fingerprint density at radius 1 is 1.28 bits per heavy atom. The highest BCUT2D eigenvalue weighted by atomic mass is 32.1. The fourth-order valence-corrected chi connectivity index (χ4v) is 3.51. The second-order valence-electron chi connectivity index (χ2n) is 6.53. The van der Waals surface area contributed by atoms with Crippen LogP contribution in [0.4, 0.5) is 0 Å². The molecule has 3 aromatic heterocycles. The molecule has 0 atom stereocenters. The normalized spacial score (nSPS) is 11.5. The highest BCUT2D eigenvalue weighted by Gasteiger charge is 2.14. The Morgan fingerprint density at radius 2 is 2.00 bits per heavy atom. The number of carboxylic acids is 1. The fraction of sp³-hybridized carbons (Fsp3) is 0.261. The lowest BCUT2D eigenvalue weighted by Gasteiger charge is -1.99. The molecule has 29 heavy (non-hydrogen) atoms. The van der Waals surface area contributed by atoms with Crippen LogP contribution in [0.1, 0.15) is 37.9 Å². The molecule has 0 aliphatic carbocycles. The van der Waals surface area contributed by atoms with Crippen LogP contribution in [-0.2, 0) is 11.2 Å². The van der Waals surface area contributed by atoms with Gasteiger partial charge in [0.25, 0.3) is 0 Å². The molecule has 6 heteroatoms. The van der Waals surface area contributed by atoms with Gasteiger partial charge in [-0.1, -0.05) is 45.1 Å². The van der Waals surface area contributed by atoms with Gasteiger partial charge in [-0.15, -0.1) is 11.3 Å². The molecule has 5 nitrogen and oxygen atoms in total. The minimum absolute atomic E-state index is 0.243. The lowest BCUT2D eigenvalue weighted by molar-refractivity contribution is -0.132. The Kier molecular flexibility index (Phi) is 8.09. The van der Waals surface area contributed by atoms with E-state index in [2.05, 4.69) is 25.4 Å². The summed E-state index contributed by atoms with van der Waals surface area (Å²) in [5.41, 5.74) is 4.76. The van der Waals surface area contributed by atoms with Crippen molar-refractivity contribution in [1.82, 2.24) is 14.4 Å². The van der Waals surface area contributed by atoms with Gasteiger partial charge in [-0.2, -0.15) is 0 Å². The van der Waals surface area contributed by atoms with Crippen LogP contribution in [0, 0.1) is 6.92 Å².